The minimum Gasteiger partial charge on any atom is -0.389 e. The van der Waals surface area contributed by atoms with Crippen molar-refractivity contribution >= 4 is 17.4 Å². The van der Waals surface area contributed by atoms with Gasteiger partial charge in [0.1, 0.15) is 6.10 Å². The van der Waals surface area contributed by atoms with Crippen molar-refractivity contribution in [2.45, 2.75) is 19.1 Å². The summed E-state index contributed by atoms with van der Waals surface area (Å²) in [5.41, 5.74) is 1.00. The third-order valence-corrected chi connectivity index (χ3v) is 2.47. The molecule has 2 N–H and O–H groups in total. The van der Waals surface area contributed by atoms with Crippen LogP contribution in [-0.2, 0) is 0 Å². The van der Waals surface area contributed by atoms with E-state index in [4.69, 9.17) is 11.6 Å². The second-order valence-corrected chi connectivity index (χ2v) is 3.66. The molecule has 0 radical (unpaired) electrons. The maximum Gasteiger partial charge on any atom is 0.159 e. The fraction of sp³-hybridized carbons (Fsp3) is 0.364. The number of hydrogen-bond donors (Lipinski definition) is 2. The number of carbonyl (C=O) groups excluding carboxylic acids is 1. The van der Waals surface area contributed by atoms with E-state index in [0.29, 0.717) is 11.1 Å². The van der Waals surface area contributed by atoms with Crippen molar-refractivity contribution in [1.82, 2.24) is 0 Å². The summed E-state index contributed by atoms with van der Waals surface area (Å²) in [6.45, 7) is 1.45. The zero-order valence-electron chi connectivity index (χ0n) is 8.35. The lowest BCUT2D eigenvalue weighted by atomic mass is 10.0. The zero-order chi connectivity index (χ0) is 11.4. The van der Waals surface area contributed by atoms with Crippen molar-refractivity contribution in [1.29, 1.82) is 0 Å². The highest BCUT2D eigenvalue weighted by molar-refractivity contribution is 6.18. The Kier molecular flexibility index (Phi) is 4.27. The van der Waals surface area contributed by atoms with Crippen LogP contribution in [0.5, 0.6) is 0 Å². The SMILES string of the molecule is CC(=O)c1cccc(C(O)C(O)CCl)c1. The Morgan fingerprint density at radius 3 is 2.67 bits per heavy atom. The lowest BCUT2D eigenvalue weighted by Crippen LogP contribution is -2.19. The Morgan fingerprint density at radius 2 is 2.13 bits per heavy atom. The van der Waals surface area contributed by atoms with E-state index in [1.165, 1.54) is 6.92 Å². The minimum absolute atomic E-state index is 0.0501. The van der Waals surface area contributed by atoms with Gasteiger partial charge in [-0.25, -0.2) is 0 Å². The molecule has 0 aliphatic carbocycles. The number of alkyl halides is 1. The molecule has 0 bridgehead atoms. The molecule has 0 saturated carbocycles. The molecule has 0 aliphatic heterocycles. The van der Waals surface area contributed by atoms with Gasteiger partial charge in [0.15, 0.2) is 5.78 Å². The molecule has 0 fully saturated rings. The highest BCUT2D eigenvalue weighted by Gasteiger charge is 2.17. The number of benzene rings is 1. The van der Waals surface area contributed by atoms with Crippen LogP contribution in [0.15, 0.2) is 24.3 Å². The lowest BCUT2D eigenvalue weighted by Gasteiger charge is -2.15. The zero-order valence-corrected chi connectivity index (χ0v) is 9.11. The van der Waals surface area contributed by atoms with Crippen LogP contribution in [0.25, 0.3) is 0 Å². The average molecular weight is 229 g/mol. The summed E-state index contributed by atoms with van der Waals surface area (Å²) in [7, 11) is 0. The summed E-state index contributed by atoms with van der Waals surface area (Å²) in [5, 5.41) is 19.0. The first-order valence-electron chi connectivity index (χ1n) is 4.59. The van der Waals surface area contributed by atoms with Gasteiger partial charge in [0.2, 0.25) is 0 Å². The van der Waals surface area contributed by atoms with E-state index in [0.717, 1.165) is 0 Å². The summed E-state index contributed by atoms with van der Waals surface area (Å²) in [6.07, 6.45) is -2.07. The van der Waals surface area contributed by atoms with Gasteiger partial charge in [-0.05, 0) is 18.6 Å². The van der Waals surface area contributed by atoms with Crippen LogP contribution in [-0.4, -0.2) is 28.0 Å². The monoisotopic (exact) mass is 228 g/mol. The van der Waals surface area contributed by atoms with Crippen molar-refractivity contribution < 1.29 is 15.0 Å². The molecular formula is C11H13ClO3. The first-order chi connectivity index (χ1) is 7.06. The van der Waals surface area contributed by atoms with E-state index in [1.54, 1.807) is 24.3 Å². The molecule has 2 atom stereocenters. The van der Waals surface area contributed by atoms with Gasteiger partial charge in [-0.3, -0.25) is 4.79 Å². The summed E-state index contributed by atoms with van der Waals surface area (Å²) in [5.74, 6) is -0.129. The first-order valence-corrected chi connectivity index (χ1v) is 5.12. The standard InChI is InChI=1S/C11H13ClO3/c1-7(13)8-3-2-4-9(5-8)11(15)10(14)6-12/h2-5,10-11,14-15H,6H2,1H3. The topological polar surface area (TPSA) is 57.5 Å². The number of halogens is 1. The van der Waals surface area contributed by atoms with Gasteiger partial charge in [-0.15, -0.1) is 11.6 Å². The van der Waals surface area contributed by atoms with E-state index in [1.807, 2.05) is 0 Å². The van der Waals surface area contributed by atoms with E-state index in [9.17, 15) is 15.0 Å². The molecule has 1 rings (SSSR count). The molecule has 2 unspecified atom stereocenters. The van der Waals surface area contributed by atoms with Crippen LogP contribution in [0.1, 0.15) is 28.9 Å². The highest BCUT2D eigenvalue weighted by Crippen LogP contribution is 2.19. The van der Waals surface area contributed by atoms with E-state index in [2.05, 4.69) is 0 Å². The fourth-order valence-electron chi connectivity index (χ4n) is 1.25. The maximum atomic E-state index is 11.1. The summed E-state index contributed by atoms with van der Waals surface area (Å²) >= 11 is 5.42. The van der Waals surface area contributed by atoms with Crippen LogP contribution >= 0.6 is 11.6 Å². The van der Waals surface area contributed by atoms with Crippen LogP contribution in [0.4, 0.5) is 0 Å². The molecule has 82 valence electrons. The summed E-state index contributed by atoms with van der Waals surface area (Å²) in [4.78, 5) is 11.1. The Hall–Kier alpha value is -0.900. The van der Waals surface area contributed by atoms with E-state index < -0.39 is 12.2 Å². The van der Waals surface area contributed by atoms with Crippen LogP contribution in [0, 0.1) is 0 Å². The van der Waals surface area contributed by atoms with Gasteiger partial charge < -0.3 is 10.2 Å². The molecule has 0 heterocycles. The van der Waals surface area contributed by atoms with Gasteiger partial charge in [0.25, 0.3) is 0 Å². The van der Waals surface area contributed by atoms with Crippen molar-refractivity contribution in [2.24, 2.45) is 0 Å². The lowest BCUT2D eigenvalue weighted by molar-refractivity contribution is 0.0327. The molecule has 0 spiro atoms. The molecule has 4 heteroatoms. The molecule has 0 saturated heterocycles. The number of rotatable bonds is 4. The molecule has 1 aromatic rings. The molecule has 15 heavy (non-hydrogen) atoms. The van der Waals surface area contributed by atoms with E-state index >= 15 is 0 Å². The van der Waals surface area contributed by atoms with Gasteiger partial charge in [-0.1, -0.05) is 18.2 Å². The molecule has 0 amide bonds. The predicted molar refractivity (Wildman–Crippen MR) is 58.1 cm³/mol. The first kappa shape index (κ1) is 12.2. The second kappa shape index (κ2) is 5.26. The summed E-state index contributed by atoms with van der Waals surface area (Å²) in [6, 6.07) is 6.53. The molecule has 0 aromatic heterocycles. The minimum atomic E-state index is -1.05. The Morgan fingerprint density at radius 1 is 1.47 bits per heavy atom. The van der Waals surface area contributed by atoms with Gasteiger partial charge >= 0.3 is 0 Å². The number of carbonyl (C=O) groups is 1. The number of aliphatic hydroxyl groups excluding tert-OH is 2. The molecule has 3 nitrogen and oxygen atoms in total. The largest absolute Gasteiger partial charge is 0.389 e. The van der Waals surface area contributed by atoms with E-state index in [-0.39, 0.29) is 11.7 Å². The number of ketones is 1. The second-order valence-electron chi connectivity index (χ2n) is 3.35. The van der Waals surface area contributed by atoms with Crippen LogP contribution < -0.4 is 0 Å². The Bertz CT molecular complexity index is 351. The highest BCUT2D eigenvalue weighted by atomic mass is 35.5. The van der Waals surface area contributed by atoms with Gasteiger partial charge in [0, 0.05) is 5.56 Å². The molecular weight excluding hydrogens is 216 g/mol. The van der Waals surface area contributed by atoms with Crippen LogP contribution in [0.2, 0.25) is 0 Å². The van der Waals surface area contributed by atoms with Crippen molar-refractivity contribution in [3.05, 3.63) is 35.4 Å². The molecule has 1 aromatic carbocycles. The summed E-state index contributed by atoms with van der Waals surface area (Å²) < 4.78 is 0. The van der Waals surface area contributed by atoms with Gasteiger partial charge in [-0.2, -0.15) is 0 Å². The van der Waals surface area contributed by atoms with Crippen molar-refractivity contribution in [3.8, 4) is 0 Å². The van der Waals surface area contributed by atoms with Crippen molar-refractivity contribution in [3.63, 3.8) is 0 Å². The predicted octanol–water partition coefficient (Wildman–Crippen LogP) is 1.52. The number of Topliss-reactive ketones (excluding diaryl/α,β-unsaturated/α-hetero) is 1. The van der Waals surface area contributed by atoms with Crippen LogP contribution in [0.3, 0.4) is 0 Å². The quantitative estimate of drug-likeness (QED) is 0.607. The average Bonchev–Trinajstić information content (AvgIpc) is 2.27. The number of aliphatic hydroxyl groups is 2. The number of hydrogen-bond acceptors (Lipinski definition) is 3. The normalized spacial score (nSPS) is 14.7. The smallest absolute Gasteiger partial charge is 0.159 e. The maximum absolute atomic E-state index is 11.1. The third-order valence-electron chi connectivity index (χ3n) is 2.16. The third kappa shape index (κ3) is 3.02. The fourth-order valence-corrected chi connectivity index (χ4v) is 1.42. The van der Waals surface area contributed by atoms with Crippen molar-refractivity contribution in [2.75, 3.05) is 5.88 Å². The molecule has 0 aliphatic rings. The van der Waals surface area contributed by atoms with Gasteiger partial charge in [0.05, 0.1) is 12.0 Å². The Labute approximate surface area is 93.3 Å². The Balaban J connectivity index is 2.94.